The predicted octanol–water partition coefficient (Wildman–Crippen LogP) is 6.92. The Balaban J connectivity index is 1.16. The number of carbonyl (C=O) groups excluding carboxylic acids is 1. The molecule has 0 aliphatic carbocycles. The molecular weight excluding hydrogens is 569 g/mol. The molecule has 0 spiro atoms. The first-order valence-electron chi connectivity index (χ1n) is 13.4. The van der Waals surface area contributed by atoms with Gasteiger partial charge in [-0.2, -0.15) is 11.8 Å². The van der Waals surface area contributed by atoms with E-state index in [2.05, 4.69) is 9.71 Å². The first kappa shape index (κ1) is 27.8. The van der Waals surface area contributed by atoms with Gasteiger partial charge in [0.25, 0.3) is 10.0 Å². The molecule has 4 aromatic carbocycles. The van der Waals surface area contributed by atoms with Crippen molar-refractivity contribution in [3.8, 4) is 11.5 Å². The highest BCUT2D eigenvalue weighted by Crippen LogP contribution is 2.28. The van der Waals surface area contributed by atoms with Crippen molar-refractivity contribution in [2.45, 2.75) is 29.9 Å². The summed E-state index contributed by atoms with van der Waals surface area (Å²) in [5, 5.41) is 2.02. The lowest BCUT2D eigenvalue weighted by molar-refractivity contribution is -0.118. The number of nitrogens with one attached hydrogen (secondary N) is 1. The number of fused-ring (bicyclic) bond motifs is 2. The van der Waals surface area contributed by atoms with Crippen LogP contribution in [0.3, 0.4) is 0 Å². The summed E-state index contributed by atoms with van der Waals surface area (Å²) in [6.45, 7) is 1.89. The number of hydrogen-bond donors (Lipinski definition) is 1. The highest BCUT2D eigenvalue weighted by Gasteiger charge is 2.25. The lowest BCUT2D eigenvalue weighted by Gasteiger charge is -2.15. The van der Waals surface area contributed by atoms with Crippen LogP contribution in [0.15, 0.2) is 111 Å². The molecule has 7 nitrogen and oxygen atoms in total. The second kappa shape index (κ2) is 11.5. The second-order valence-corrected chi connectivity index (χ2v) is 12.8. The number of furan rings is 1. The van der Waals surface area contributed by atoms with Crippen LogP contribution in [0, 0.1) is 6.92 Å². The largest absolute Gasteiger partial charge is 0.461 e. The molecule has 1 unspecified atom stereocenters. The Kier molecular flexibility index (Phi) is 7.62. The number of hydrogen-bond acceptors (Lipinski definition) is 7. The van der Waals surface area contributed by atoms with E-state index in [0.29, 0.717) is 18.7 Å². The van der Waals surface area contributed by atoms with Gasteiger partial charge >= 0.3 is 0 Å². The van der Waals surface area contributed by atoms with Crippen molar-refractivity contribution in [3.05, 3.63) is 120 Å². The Morgan fingerprint density at radius 1 is 0.881 bits per heavy atom. The summed E-state index contributed by atoms with van der Waals surface area (Å²) in [4.78, 5) is 17.8. The average molecular weight is 597 g/mol. The third-order valence-electron chi connectivity index (χ3n) is 7.15. The number of thioether (sulfide) groups is 1. The summed E-state index contributed by atoms with van der Waals surface area (Å²) in [6.07, 6.45) is 2.64. The standard InChI is InChI=1S/C33H28N2O5S2/c1-21-29(34-33(39-21)24-9-4-3-5-10-24)20-27-18-26-16-22(12-15-30(26)40-27)17-31(41-2)32(36)35-42(37,38)28-14-13-23-8-6-7-11-25(23)19-28/h3-16,18-19,31H,17,20H2,1-2H3,(H,35,36). The molecule has 6 aromatic rings. The SMILES string of the molecule is CSC(Cc1ccc2oc(Cc3nc(-c4ccccc4)oc3C)cc2c1)C(=O)NS(=O)(=O)c1ccc2ccccc2c1. The van der Waals surface area contributed by atoms with E-state index in [0.717, 1.165) is 50.1 Å². The fraction of sp³-hybridized carbons (Fsp3) is 0.152. The molecule has 0 saturated carbocycles. The fourth-order valence-corrected chi connectivity index (χ4v) is 6.67. The molecule has 1 amide bonds. The van der Waals surface area contributed by atoms with E-state index in [1.54, 1.807) is 18.4 Å². The van der Waals surface area contributed by atoms with Gasteiger partial charge in [0.1, 0.15) is 17.1 Å². The molecule has 0 radical (unpaired) electrons. The number of amides is 1. The highest BCUT2D eigenvalue weighted by molar-refractivity contribution is 8.00. The summed E-state index contributed by atoms with van der Waals surface area (Å²) in [7, 11) is -4.02. The van der Waals surface area contributed by atoms with Gasteiger partial charge in [0, 0.05) is 10.9 Å². The maximum atomic E-state index is 13.1. The van der Waals surface area contributed by atoms with Crippen LogP contribution in [0.5, 0.6) is 0 Å². The summed E-state index contributed by atoms with van der Waals surface area (Å²) >= 11 is 1.31. The Morgan fingerprint density at radius 3 is 2.43 bits per heavy atom. The maximum absolute atomic E-state index is 13.1. The molecule has 0 saturated heterocycles. The normalized spacial score (nSPS) is 12.5. The summed E-state index contributed by atoms with van der Waals surface area (Å²) in [5.41, 5.74) is 3.34. The highest BCUT2D eigenvalue weighted by atomic mass is 32.2. The molecule has 6 rings (SSSR count). The van der Waals surface area contributed by atoms with Gasteiger partial charge < -0.3 is 8.83 Å². The number of sulfonamides is 1. The van der Waals surface area contributed by atoms with E-state index in [1.165, 1.54) is 17.8 Å². The molecule has 212 valence electrons. The number of aryl methyl sites for hydroxylation is 1. The molecule has 0 aliphatic heterocycles. The molecule has 42 heavy (non-hydrogen) atoms. The predicted molar refractivity (Wildman–Crippen MR) is 166 cm³/mol. The Morgan fingerprint density at radius 2 is 1.64 bits per heavy atom. The van der Waals surface area contributed by atoms with Gasteiger partial charge in [-0.25, -0.2) is 18.1 Å². The molecular formula is C33H28N2O5S2. The van der Waals surface area contributed by atoms with E-state index in [9.17, 15) is 13.2 Å². The molecule has 1 atom stereocenters. The minimum absolute atomic E-state index is 0.0555. The lowest BCUT2D eigenvalue weighted by Crippen LogP contribution is -2.38. The number of benzene rings is 4. The zero-order valence-corrected chi connectivity index (χ0v) is 24.7. The molecule has 9 heteroatoms. The minimum atomic E-state index is -4.02. The molecule has 0 bridgehead atoms. The number of rotatable bonds is 9. The minimum Gasteiger partial charge on any atom is -0.461 e. The lowest BCUT2D eigenvalue weighted by atomic mass is 10.1. The molecule has 0 aliphatic rings. The van der Waals surface area contributed by atoms with Crippen molar-refractivity contribution in [1.82, 2.24) is 9.71 Å². The fourth-order valence-electron chi connectivity index (χ4n) is 4.91. The number of carbonyl (C=O) groups is 1. The van der Waals surface area contributed by atoms with E-state index in [4.69, 9.17) is 8.83 Å². The third-order valence-corrected chi connectivity index (χ3v) is 9.45. The average Bonchev–Trinajstić information content (AvgIpc) is 3.57. The van der Waals surface area contributed by atoms with E-state index < -0.39 is 21.2 Å². The van der Waals surface area contributed by atoms with Crippen LogP contribution in [-0.2, 0) is 27.7 Å². The van der Waals surface area contributed by atoms with Gasteiger partial charge in [-0.3, -0.25) is 4.79 Å². The topological polar surface area (TPSA) is 102 Å². The van der Waals surface area contributed by atoms with Crippen molar-refractivity contribution >= 4 is 49.4 Å². The van der Waals surface area contributed by atoms with Crippen LogP contribution < -0.4 is 4.72 Å². The van der Waals surface area contributed by atoms with Crippen molar-refractivity contribution in [2.75, 3.05) is 6.26 Å². The Labute approximate surface area is 248 Å². The van der Waals surface area contributed by atoms with Crippen molar-refractivity contribution in [1.29, 1.82) is 0 Å². The van der Waals surface area contributed by atoms with Crippen LogP contribution in [0.1, 0.15) is 22.8 Å². The summed E-state index contributed by atoms with van der Waals surface area (Å²) in [5.74, 6) is 1.51. The number of oxazole rings is 1. The van der Waals surface area contributed by atoms with Gasteiger partial charge in [-0.05, 0) is 78.4 Å². The second-order valence-electron chi connectivity index (χ2n) is 10.1. The van der Waals surface area contributed by atoms with Gasteiger partial charge in [0.15, 0.2) is 0 Å². The molecule has 1 N–H and O–H groups in total. The summed E-state index contributed by atoms with van der Waals surface area (Å²) in [6, 6.07) is 29.8. The monoisotopic (exact) mass is 596 g/mol. The van der Waals surface area contributed by atoms with Crippen LogP contribution >= 0.6 is 11.8 Å². The molecule has 2 heterocycles. The first-order valence-corrected chi connectivity index (χ1v) is 16.2. The smallest absolute Gasteiger partial charge is 0.264 e. The van der Waals surface area contributed by atoms with Crippen molar-refractivity contribution < 1.29 is 22.0 Å². The van der Waals surface area contributed by atoms with E-state index >= 15 is 0 Å². The number of nitrogens with zero attached hydrogens (tertiary/aromatic N) is 1. The quantitative estimate of drug-likeness (QED) is 0.193. The zero-order valence-electron chi connectivity index (χ0n) is 23.0. The Bertz CT molecular complexity index is 2010. The Hall–Kier alpha value is -4.34. The van der Waals surface area contributed by atoms with E-state index in [-0.39, 0.29) is 4.90 Å². The van der Waals surface area contributed by atoms with Gasteiger partial charge in [-0.15, -0.1) is 0 Å². The van der Waals surface area contributed by atoms with Gasteiger partial charge in [0.05, 0.1) is 22.3 Å². The van der Waals surface area contributed by atoms with Crippen molar-refractivity contribution in [2.24, 2.45) is 0 Å². The van der Waals surface area contributed by atoms with Crippen LogP contribution in [0.25, 0.3) is 33.2 Å². The summed E-state index contributed by atoms with van der Waals surface area (Å²) < 4.78 is 40.3. The van der Waals surface area contributed by atoms with Gasteiger partial charge in [-0.1, -0.05) is 54.6 Å². The number of aromatic nitrogens is 1. The van der Waals surface area contributed by atoms with Crippen LogP contribution in [0.2, 0.25) is 0 Å². The van der Waals surface area contributed by atoms with E-state index in [1.807, 2.05) is 85.8 Å². The van der Waals surface area contributed by atoms with Crippen molar-refractivity contribution in [3.63, 3.8) is 0 Å². The molecule has 0 fully saturated rings. The molecule has 2 aromatic heterocycles. The van der Waals surface area contributed by atoms with Gasteiger partial charge in [0.2, 0.25) is 11.8 Å². The zero-order chi connectivity index (χ0) is 29.3. The van der Waals surface area contributed by atoms with Crippen LogP contribution in [0.4, 0.5) is 0 Å². The third kappa shape index (κ3) is 5.84. The van der Waals surface area contributed by atoms with Crippen LogP contribution in [-0.4, -0.2) is 30.8 Å². The first-order chi connectivity index (χ1) is 20.3. The maximum Gasteiger partial charge on any atom is 0.264 e.